The molecule has 3 rings (SSSR count). The van der Waals surface area contributed by atoms with Gasteiger partial charge in [0.05, 0.1) is 5.56 Å². The van der Waals surface area contributed by atoms with Crippen molar-refractivity contribution in [2.75, 3.05) is 5.32 Å². The van der Waals surface area contributed by atoms with Gasteiger partial charge >= 0.3 is 0 Å². The van der Waals surface area contributed by atoms with Gasteiger partial charge < -0.3 is 10.6 Å². The number of hydrogen-bond donors (Lipinski definition) is 2. The van der Waals surface area contributed by atoms with E-state index in [9.17, 15) is 9.59 Å². The van der Waals surface area contributed by atoms with Crippen LogP contribution >= 0.6 is 11.3 Å². The Hall–Kier alpha value is -2.21. The van der Waals surface area contributed by atoms with Crippen molar-refractivity contribution in [2.24, 2.45) is 5.92 Å². The summed E-state index contributed by atoms with van der Waals surface area (Å²) in [5.41, 5.74) is 2.57. The third-order valence-electron chi connectivity index (χ3n) is 4.68. The second-order valence-corrected chi connectivity index (χ2v) is 7.58. The summed E-state index contributed by atoms with van der Waals surface area (Å²) in [5.74, 6) is -0.00999. The van der Waals surface area contributed by atoms with E-state index in [0.29, 0.717) is 17.1 Å². The number of nitrogens with one attached hydrogen (secondary N) is 2. The number of aryl methyl sites for hydroxylation is 1. The summed E-state index contributed by atoms with van der Waals surface area (Å²) in [7, 11) is 0. The third-order valence-corrected chi connectivity index (χ3v) is 5.74. The van der Waals surface area contributed by atoms with E-state index in [4.69, 9.17) is 0 Å². The molecule has 2 amide bonds. The average Bonchev–Trinajstić information content (AvgIpc) is 2.87. The number of amides is 2. The first kappa shape index (κ1) is 17.6. The molecule has 0 saturated heterocycles. The molecule has 0 atom stereocenters. The highest BCUT2D eigenvalue weighted by Crippen LogP contribution is 2.35. The normalized spacial score (nSPS) is 14.0. The summed E-state index contributed by atoms with van der Waals surface area (Å²) >= 11 is 1.49. The van der Waals surface area contributed by atoms with Gasteiger partial charge in [-0.1, -0.05) is 19.4 Å². The van der Waals surface area contributed by atoms with Crippen LogP contribution in [0, 0.1) is 12.8 Å². The highest BCUT2D eigenvalue weighted by Gasteiger charge is 2.28. The van der Waals surface area contributed by atoms with Crippen molar-refractivity contribution >= 4 is 28.2 Å². The lowest BCUT2D eigenvalue weighted by Gasteiger charge is -2.24. The van der Waals surface area contributed by atoms with Crippen LogP contribution < -0.4 is 10.6 Å². The zero-order valence-corrected chi connectivity index (χ0v) is 15.4. The molecule has 0 unspecified atom stereocenters. The SMILES string of the molecule is CCc1c(C)sc(NC(=O)C2CCC2)c1C(=O)NCc1cccnc1. The van der Waals surface area contributed by atoms with Crippen LogP contribution in [0.1, 0.15) is 52.5 Å². The van der Waals surface area contributed by atoms with E-state index in [-0.39, 0.29) is 17.7 Å². The molecule has 132 valence electrons. The Morgan fingerprint density at radius 1 is 1.36 bits per heavy atom. The number of anilines is 1. The predicted octanol–water partition coefficient (Wildman–Crippen LogP) is 3.68. The summed E-state index contributed by atoms with van der Waals surface area (Å²) in [5, 5.41) is 6.62. The predicted molar refractivity (Wildman–Crippen MR) is 99.8 cm³/mol. The van der Waals surface area contributed by atoms with Crippen LogP contribution in [0.5, 0.6) is 0 Å². The number of nitrogens with zero attached hydrogens (tertiary/aromatic N) is 1. The van der Waals surface area contributed by atoms with Crippen molar-refractivity contribution in [1.82, 2.24) is 10.3 Å². The van der Waals surface area contributed by atoms with E-state index < -0.39 is 0 Å². The molecule has 6 heteroatoms. The maximum Gasteiger partial charge on any atom is 0.254 e. The molecule has 1 aliphatic rings. The Labute approximate surface area is 151 Å². The van der Waals surface area contributed by atoms with Crippen LogP contribution in [0.2, 0.25) is 0 Å². The van der Waals surface area contributed by atoms with E-state index in [1.807, 2.05) is 26.0 Å². The van der Waals surface area contributed by atoms with Crippen molar-refractivity contribution in [3.05, 3.63) is 46.1 Å². The van der Waals surface area contributed by atoms with Gasteiger partial charge in [0.1, 0.15) is 5.00 Å². The third kappa shape index (κ3) is 3.90. The molecule has 0 radical (unpaired) electrons. The number of aromatic nitrogens is 1. The van der Waals surface area contributed by atoms with Crippen molar-refractivity contribution in [3.8, 4) is 0 Å². The van der Waals surface area contributed by atoms with E-state index >= 15 is 0 Å². The molecule has 5 nitrogen and oxygen atoms in total. The van der Waals surface area contributed by atoms with Gasteiger partial charge in [-0.05, 0) is 43.4 Å². The maximum atomic E-state index is 12.8. The van der Waals surface area contributed by atoms with Gasteiger partial charge in [-0.25, -0.2) is 0 Å². The molecule has 1 aliphatic carbocycles. The van der Waals surface area contributed by atoms with Gasteiger partial charge in [0.15, 0.2) is 0 Å². The van der Waals surface area contributed by atoms with E-state index in [1.165, 1.54) is 11.3 Å². The zero-order chi connectivity index (χ0) is 17.8. The minimum absolute atomic E-state index is 0.0384. The molecule has 25 heavy (non-hydrogen) atoms. The summed E-state index contributed by atoms with van der Waals surface area (Å²) in [6.07, 6.45) is 7.20. The summed E-state index contributed by atoms with van der Waals surface area (Å²) < 4.78 is 0. The first-order valence-corrected chi connectivity index (χ1v) is 9.52. The molecule has 2 heterocycles. The molecule has 0 spiro atoms. The minimum Gasteiger partial charge on any atom is -0.348 e. The summed E-state index contributed by atoms with van der Waals surface area (Å²) in [6.45, 7) is 4.45. The van der Waals surface area contributed by atoms with Crippen molar-refractivity contribution in [1.29, 1.82) is 0 Å². The first-order chi connectivity index (χ1) is 12.1. The van der Waals surface area contributed by atoms with E-state index in [0.717, 1.165) is 41.7 Å². The average molecular weight is 357 g/mol. The van der Waals surface area contributed by atoms with Gasteiger partial charge in [0, 0.05) is 29.7 Å². The molecule has 2 aromatic rings. The molecular weight excluding hydrogens is 334 g/mol. The maximum absolute atomic E-state index is 12.8. The summed E-state index contributed by atoms with van der Waals surface area (Å²) in [4.78, 5) is 30.2. The van der Waals surface area contributed by atoms with Crippen LogP contribution in [0.15, 0.2) is 24.5 Å². The number of carbonyl (C=O) groups excluding carboxylic acids is 2. The van der Waals surface area contributed by atoms with Crippen LogP contribution in [-0.2, 0) is 17.8 Å². The standard InChI is InChI=1S/C19H23N3O2S/c1-3-15-12(2)25-19(22-17(23)14-7-4-8-14)16(15)18(24)21-11-13-6-5-9-20-10-13/h5-6,9-10,14H,3-4,7-8,11H2,1-2H3,(H,21,24)(H,22,23). The highest BCUT2D eigenvalue weighted by atomic mass is 32.1. The quantitative estimate of drug-likeness (QED) is 0.828. The van der Waals surface area contributed by atoms with Gasteiger partial charge in [-0.3, -0.25) is 14.6 Å². The molecule has 0 bridgehead atoms. The molecule has 2 aromatic heterocycles. The largest absolute Gasteiger partial charge is 0.348 e. The Bertz CT molecular complexity index is 766. The molecule has 0 aromatic carbocycles. The topological polar surface area (TPSA) is 71.1 Å². The molecule has 1 saturated carbocycles. The molecule has 0 aliphatic heterocycles. The summed E-state index contributed by atoms with van der Waals surface area (Å²) in [6, 6.07) is 3.77. The Kier molecular flexibility index (Phi) is 5.48. The second kappa shape index (κ2) is 7.78. The number of hydrogen-bond acceptors (Lipinski definition) is 4. The fourth-order valence-electron chi connectivity index (χ4n) is 2.99. The number of thiophene rings is 1. The number of rotatable bonds is 6. The highest BCUT2D eigenvalue weighted by molar-refractivity contribution is 7.16. The smallest absolute Gasteiger partial charge is 0.254 e. The first-order valence-electron chi connectivity index (χ1n) is 8.70. The fourth-order valence-corrected chi connectivity index (χ4v) is 4.14. The van der Waals surface area contributed by atoms with E-state index in [2.05, 4.69) is 15.6 Å². The van der Waals surface area contributed by atoms with Gasteiger partial charge in [0.25, 0.3) is 5.91 Å². The van der Waals surface area contributed by atoms with Crippen LogP contribution in [0.3, 0.4) is 0 Å². The van der Waals surface area contributed by atoms with Crippen LogP contribution in [-0.4, -0.2) is 16.8 Å². The van der Waals surface area contributed by atoms with Crippen LogP contribution in [0.4, 0.5) is 5.00 Å². The Balaban J connectivity index is 1.77. The van der Waals surface area contributed by atoms with E-state index in [1.54, 1.807) is 12.4 Å². The minimum atomic E-state index is -0.144. The zero-order valence-electron chi connectivity index (χ0n) is 14.6. The number of pyridine rings is 1. The lowest BCUT2D eigenvalue weighted by atomic mass is 9.85. The van der Waals surface area contributed by atoms with Crippen molar-refractivity contribution < 1.29 is 9.59 Å². The van der Waals surface area contributed by atoms with Crippen molar-refractivity contribution in [2.45, 2.75) is 46.1 Å². The van der Waals surface area contributed by atoms with Crippen LogP contribution in [0.25, 0.3) is 0 Å². The molecular formula is C19H23N3O2S. The number of carbonyl (C=O) groups is 2. The molecule has 1 fully saturated rings. The Morgan fingerprint density at radius 2 is 2.16 bits per heavy atom. The fraction of sp³-hybridized carbons (Fsp3) is 0.421. The molecule has 2 N–H and O–H groups in total. The Morgan fingerprint density at radius 3 is 2.76 bits per heavy atom. The van der Waals surface area contributed by atoms with Crippen molar-refractivity contribution in [3.63, 3.8) is 0 Å². The van der Waals surface area contributed by atoms with Gasteiger partial charge in [-0.15, -0.1) is 11.3 Å². The monoisotopic (exact) mass is 357 g/mol. The van der Waals surface area contributed by atoms with Gasteiger partial charge in [0.2, 0.25) is 5.91 Å². The lowest BCUT2D eigenvalue weighted by molar-refractivity contribution is -0.122. The lowest BCUT2D eigenvalue weighted by Crippen LogP contribution is -2.29. The second-order valence-electron chi connectivity index (χ2n) is 6.36. The van der Waals surface area contributed by atoms with Gasteiger partial charge in [-0.2, -0.15) is 0 Å².